The molecular formula is C22H19FN4O4S. The number of carbonyl (C=O) groups is 1. The van der Waals surface area contributed by atoms with Gasteiger partial charge in [-0.3, -0.25) is 9.78 Å². The highest BCUT2D eigenvalue weighted by Crippen LogP contribution is 2.30. The normalized spacial score (nSPS) is 15.5. The van der Waals surface area contributed by atoms with E-state index in [1.54, 1.807) is 29.2 Å². The van der Waals surface area contributed by atoms with Crippen LogP contribution in [0.5, 0.6) is 5.75 Å². The molecule has 164 valence electrons. The number of aromatic amines is 1. The minimum absolute atomic E-state index is 0.0656. The number of fused-ring (bicyclic) bond motifs is 2. The number of piperazine rings is 1. The van der Waals surface area contributed by atoms with Crippen LogP contribution in [0.15, 0.2) is 59.6 Å². The molecule has 2 N–H and O–H groups in total. The Kier molecular flexibility index (Phi) is 4.83. The molecule has 1 amide bonds. The molecule has 4 aromatic rings. The van der Waals surface area contributed by atoms with Crippen LogP contribution in [0.4, 0.5) is 4.39 Å². The van der Waals surface area contributed by atoms with Gasteiger partial charge >= 0.3 is 0 Å². The highest BCUT2D eigenvalue weighted by molar-refractivity contribution is 7.89. The molecule has 32 heavy (non-hydrogen) atoms. The SMILES string of the molecule is O=C(c1cc2cc(F)ccc2[nH]1)N1CCN(S(=O)(=O)c2ccc(O)c3ncccc23)CC1. The highest BCUT2D eigenvalue weighted by atomic mass is 32.2. The molecule has 2 aromatic carbocycles. The lowest BCUT2D eigenvalue weighted by atomic mass is 10.2. The van der Waals surface area contributed by atoms with Crippen LogP contribution in [0.2, 0.25) is 0 Å². The average molecular weight is 454 g/mol. The first kappa shape index (κ1) is 20.4. The zero-order valence-corrected chi connectivity index (χ0v) is 17.6. The number of aromatic nitrogens is 2. The molecule has 0 spiro atoms. The highest BCUT2D eigenvalue weighted by Gasteiger charge is 2.32. The number of nitrogens with zero attached hydrogens (tertiary/aromatic N) is 3. The molecule has 0 atom stereocenters. The first-order chi connectivity index (χ1) is 15.3. The van der Waals surface area contributed by atoms with Crippen molar-refractivity contribution in [3.8, 4) is 5.75 Å². The van der Waals surface area contributed by atoms with Gasteiger partial charge in [-0.15, -0.1) is 0 Å². The number of aromatic hydroxyl groups is 1. The number of pyridine rings is 1. The van der Waals surface area contributed by atoms with E-state index in [9.17, 15) is 22.7 Å². The summed E-state index contributed by atoms with van der Waals surface area (Å²) in [7, 11) is -3.85. The maximum atomic E-state index is 13.4. The maximum Gasteiger partial charge on any atom is 0.270 e. The number of sulfonamides is 1. The van der Waals surface area contributed by atoms with E-state index in [-0.39, 0.29) is 54.1 Å². The summed E-state index contributed by atoms with van der Waals surface area (Å²) in [6.45, 7) is 0.698. The number of hydrogen-bond donors (Lipinski definition) is 2. The summed E-state index contributed by atoms with van der Waals surface area (Å²) >= 11 is 0. The van der Waals surface area contributed by atoms with Gasteiger partial charge in [-0.05, 0) is 48.5 Å². The van der Waals surface area contributed by atoms with Crippen LogP contribution >= 0.6 is 0 Å². The predicted octanol–water partition coefficient (Wildman–Crippen LogP) is 2.71. The van der Waals surface area contributed by atoms with E-state index in [4.69, 9.17) is 0 Å². The molecule has 1 saturated heterocycles. The number of nitrogens with one attached hydrogen (secondary N) is 1. The molecule has 1 fully saturated rings. The standard InChI is InChI=1S/C22H19FN4O4S/c23-15-3-4-17-14(12-15)13-18(25-17)22(29)26-8-10-27(11-9-26)32(30,31)20-6-5-19(28)21-16(20)2-1-7-24-21/h1-7,12-13,25,28H,8-11H2. The topological polar surface area (TPSA) is 107 Å². The summed E-state index contributed by atoms with van der Waals surface area (Å²) in [4.78, 5) is 21.6. The lowest BCUT2D eigenvalue weighted by molar-refractivity contribution is 0.0693. The summed E-state index contributed by atoms with van der Waals surface area (Å²) in [5.41, 5.74) is 1.21. The number of phenols is 1. The van der Waals surface area contributed by atoms with Crippen LogP contribution in [-0.2, 0) is 10.0 Å². The Balaban J connectivity index is 1.36. The van der Waals surface area contributed by atoms with Gasteiger partial charge in [0.1, 0.15) is 22.8 Å². The molecule has 0 unspecified atom stereocenters. The molecule has 0 saturated carbocycles. The summed E-state index contributed by atoms with van der Waals surface area (Å²) in [5.74, 6) is -0.739. The van der Waals surface area contributed by atoms with Crippen molar-refractivity contribution in [1.82, 2.24) is 19.2 Å². The zero-order valence-electron chi connectivity index (χ0n) is 16.8. The van der Waals surface area contributed by atoms with Crippen molar-refractivity contribution < 1.29 is 22.7 Å². The van der Waals surface area contributed by atoms with Crippen molar-refractivity contribution in [3.05, 3.63) is 66.2 Å². The monoisotopic (exact) mass is 454 g/mol. The van der Waals surface area contributed by atoms with Gasteiger partial charge in [0.25, 0.3) is 5.91 Å². The summed E-state index contributed by atoms with van der Waals surface area (Å²) in [6, 6.07) is 11.7. The van der Waals surface area contributed by atoms with Crippen molar-refractivity contribution in [1.29, 1.82) is 0 Å². The van der Waals surface area contributed by atoms with Crippen LogP contribution in [0.25, 0.3) is 21.8 Å². The van der Waals surface area contributed by atoms with Crippen molar-refractivity contribution in [2.24, 2.45) is 0 Å². The third-order valence-electron chi connectivity index (χ3n) is 5.67. The first-order valence-corrected chi connectivity index (χ1v) is 11.4. The van der Waals surface area contributed by atoms with Crippen LogP contribution in [0.1, 0.15) is 10.5 Å². The number of amides is 1. The fourth-order valence-corrected chi connectivity index (χ4v) is 5.62. The fourth-order valence-electron chi connectivity index (χ4n) is 4.02. The molecule has 3 heterocycles. The van der Waals surface area contributed by atoms with Crippen molar-refractivity contribution in [2.75, 3.05) is 26.2 Å². The molecule has 1 aliphatic heterocycles. The zero-order chi connectivity index (χ0) is 22.5. The van der Waals surface area contributed by atoms with Crippen LogP contribution in [0.3, 0.4) is 0 Å². The summed E-state index contributed by atoms with van der Waals surface area (Å²) in [6.07, 6.45) is 1.49. The number of carbonyl (C=O) groups excluding carboxylic acids is 1. The second-order valence-corrected chi connectivity index (χ2v) is 9.50. The second-order valence-electron chi connectivity index (χ2n) is 7.59. The van der Waals surface area contributed by atoms with E-state index in [0.29, 0.717) is 22.0 Å². The van der Waals surface area contributed by atoms with Gasteiger partial charge in [-0.1, -0.05) is 0 Å². The van der Waals surface area contributed by atoms with Gasteiger partial charge < -0.3 is 15.0 Å². The molecular weight excluding hydrogens is 435 g/mol. The average Bonchev–Trinajstić information content (AvgIpc) is 3.22. The third kappa shape index (κ3) is 3.37. The van der Waals surface area contributed by atoms with Crippen LogP contribution < -0.4 is 0 Å². The van der Waals surface area contributed by atoms with Gasteiger partial charge in [0.15, 0.2) is 0 Å². The molecule has 10 heteroatoms. The summed E-state index contributed by atoms with van der Waals surface area (Å²) in [5, 5.41) is 10.9. The predicted molar refractivity (Wildman–Crippen MR) is 116 cm³/mol. The number of rotatable bonds is 3. The van der Waals surface area contributed by atoms with E-state index >= 15 is 0 Å². The lowest BCUT2D eigenvalue weighted by Crippen LogP contribution is -2.50. The quantitative estimate of drug-likeness (QED) is 0.495. The van der Waals surface area contributed by atoms with Gasteiger partial charge in [-0.2, -0.15) is 4.31 Å². The van der Waals surface area contributed by atoms with Crippen molar-refractivity contribution >= 4 is 37.7 Å². The molecule has 0 bridgehead atoms. The third-order valence-corrected chi connectivity index (χ3v) is 7.62. The van der Waals surface area contributed by atoms with Gasteiger partial charge in [-0.25, -0.2) is 12.8 Å². The minimum Gasteiger partial charge on any atom is -0.506 e. The van der Waals surface area contributed by atoms with E-state index in [1.807, 2.05) is 0 Å². The van der Waals surface area contributed by atoms with Crippen LogP contribution in [-0.4, -0.2) is 64.8 Å². The molecule has 0 aliphatic carbocycles. The van der Waals surface area contributed by atoms with E-state index in [2.05, 4.69) is 9.97 Å². The Labute approximate surface area is 183 Å². The molecule has 8 nitrogen and oxygen atoms in total. The largest absolute Gasteiger partial charge is 0.506 e. The fraction of sp³-hybridized carbons (Fsp3) is 0.182. The Morgan fingerprint density at radius 1 is 1.06 bits per heavy atom. The Bertz CT molecular complexity index is 1460. The van der Waals surface area contributed by atoms with Crippen LogP contribution in [0, 0.1) is 5.82 Å². The Morgan fingerprint density at radius 2 is 1.84 bits per heavy atom. The lowest BCUT2D eigenvalue weighted by Gasteiger charge is -2.34. The van der Waals surface area contributed by atoms with E-state index < -0.39 is 10.0 Å². The molecule has 0 radical (unpaired) electrons. The number of phenolic OH excluding ortho intramolecular Hbond substituents is 1. The van der Waals surface area contributed by atoms with Crippen molar-refractivity contribution in [3.63, 3.8) is 0 Å². The Morgan fingerprint density at radius 3 is 2.62 bits per heavy atom. The van der Waals surface area contributed by atoms with E-state index in [0.717, 1.165) is 0 Å². The van der Waals surface area contributed by atoms with Gasteiger partial charge in [0.2, 0.25) is 10.0 Å². The van der Waals surface area contributed by atoms with E-state index in [1.165, 1.54) is 34.8 Å². The van der Waals surface area contributed by atoms with Gasteiger partial charge in [0.05, 0.1) is 4.90 Å². The number of benzene rings is 2. The number of halogens is 1. The second kappa shape index (κ2) is 7.57. The molecule has 1 aliphatic rings. The summed E-state index contributed by atoms with van der Waals surface area (Å²) < 4.78 is 41.3. The Hall–Kier alpha value is -3.50. The first-order valence-electron chi connectivity index (χ1n) is 9.99. The minimum atomic E-state index is -3.85. The molecule has 2 aromatic heterocycles. The number of hydrogen-bond acceptors (Lipinski definition) is 5. The molecule has 5 rings (SSSR count). The smallest absolute Gasteiger partial charge is 0.270 e. The maximum absolute atomic E-state index is 13.4. The van der Waals surface area contributed by atoms with Crippen molar-refractivity contribution in [2.45, 2.75) is 4.90 Å². The number of H-pyrrole nitrogens is 1. The van der Waals surface area contributed by atoms with Gasteiger partial charge in [0, 0.05) is 48.7 Å².